The van der Waals surface area contributed by atoms with Gasteiger partial charge in [-0.3, -0.25) is 4.79 Å². The highest BCUT2D eigenvalue weighted by Crippen LogP contribution is 2.12. The largest absolute Gasteiger partial charge is 0.300 e. The summed E-state index contributed by atoms with van der Waals surface area (Å²) in [6.45, 7) is 0. The van der Waals surface area contributed by atoms with Crippen LogP contribution >= 0.6 is 0 Å². The Bertz CT molecular complexity index is 205. The molecule has 0 aromatic rings. The molecule has 1 nitrogen and oxygen atoms in total. The Morgan fingerprint density at radius 1 is 0.625 bits per heavy atom. The third-order valence-corrected chi connectivity index (χ3v) is 3.33. The van der Waals surface area contributed by atoms with Crippen molar-refractivity contribution in [2.45, 2.75) is 77.0 Å². The van der Waals surface area contributed by atoms with E-state index in [-0.39, 0.29) is 0 Å². The summed E-state index contributed by atoms with van der Waals surface area (Å²) in [7, 11) is 0. The van der Waals surface area contributed by atoms with Crippen molar-refractivity contribution in [2.24, 2.45) is 0 Å². The monoisotopic (exact) mass is 222 g/mol. The Hall–Kier alpha value is -0.590. The Labute approximate surface area is 100 Å². The van der Waals surface area contributed by atoms with Crippen LogP contribution in [0.4, 0.5) is 0 Å². The van der Waals surface area contributed by atoms with E-state index in [0.29, 0.717) is 5.78 Å². The summed E-state index contributed by atoms with van der Waals surface area (Å²) in [6, 6.07) is 0. The summed E-state index contributed by atoms with van der Waals surface area (Å²) in [5.41, 5.74) is 0. The average molecular weight is 222 g/mol. The molecule has 16 heavy (non-hydrogen) atoms. The van der Waals surface area contributed by atoms with Gasteiger partial charge in [-0.05, 0) is 25.7 Å². The van der Waals surface area contributed by atoms with Gasteiger partial charge in [-0.15, -0.1) is 0 Å². The lowest BCUT2D eigenvalue weighted by molar-refractivity contribution is -0.119. The Kier molecular flexibility index (Phi) is 8.10. The molecule has 0 atom stereocenters. The molecule has 0 radical (unpaired) electrons. The van der Waals surface area contributed by atoms with E-state index in [4.69, 9.17) is 0 Å². The minimum Gasteiger partial charge on any atom is -0.300 e. The molecule has 0 saturated heterocycles. The fourth-order valence-corrected chi connectivity index (χ4v) is 2.25. The van der Waals surface area contributed by atoms with Crippen molar-refractivity contribution in [3.63, 3.8) is 0 Å². The summed E-state index contributed by atoms with van der Waals surface area (Å²) in [5.74, 6) is 0.458. The van der Waals surface area contributed by atoms with E-state index >= 15 is 0 Å². The second-order valence-corrected chi connectivity index (χ2v) is 4.92. The summed E-state index contributed by atoms with van der Waals surface area (Å²) in [4.78, 5) is 11.5. The standard InChI is InChI=1S/C15H26O/c16-15-13-11-9-7-5-3-1-2-4-6-8-10-12-14-15/h7,9H,1-6,8,10-14H2/b9-7+. The highest BCUT2D eigenvalue weighted by Gasteiger charge is 2.00. The SMILES string of the molecule is O=C1CC/C=C/CCCCCCCCCC1. The number of rotatable bonds is 0. The number of carbonyl (C=O) groups excluding carboxylic acids is 1. The van der Waals surface area contributed by atoms with Crippen molar-refractivity contribution < 1.29 is 4.79 Å². The van der Waals surface area contributed by atoms with E-state index in [0.717, 1.165) is 25.7 Å². The van der Waals surface area contributed by atoms with Gasteiger partial charge >= 0.3 is 0 Å². The molecule has 1 heteroatoms. The molecule has 0 aromatic heterocycles. The molecule has 0 spiro atoms. The Morgan fingerprint density at radius 3 is 1.94 bits per heavy atom. The first kappa shape index (κ1) is 13.5. The quantitative estimate of drug-likeness (QED) is 0.538. The second kappa shape index (κ2) is 9.62. The van der Waals surface area contributed by atoms with E-state index in [9.17, 15) is 4.79 Å². The zero-order valence-electron chi connectivity index (χ0n) is 10.5. The van der Waals surface area contributed by atoms with Gasteiger partial charge in [0.05, 0.1) is 0 Å². The molecule has 0 aliphatic heterocycles. The molecule has 92 valence electrons. The van der Waals surface area contributed by atoms with Gasteiger partial charge in [0.15, 0.2) is 0 Å². The van der Waals surface area contributed by atoms with Gasteiger partial charge in [0.25, 0.3) is 0 Å². The van der Waals surface area contributed by atoms with Crippen molar-refractivity contribution in [3.05, 3.63) is 12.2 Å². The number of allylic oxidation sites excluding steroid dienone is 2. The lowest BCUT2D eigenvalue weighted by atomic mass is 10.0. The summed E-state index contributed by atoms with van der Waals surface area (Å²) in [6.07, 6.45) is 18.7. The third kappa shape index (κ3) is 7.67. The van der Waals surface area contributed by atoms with Crippen molar-refractivity contribution in [1.29, 1.82) is 0 Å². The topological polar surface area (TPSA) is 17.1 Å². The van der Waals surface area contributed by atoms with Crippen LogP contribution in [-0.2, 0) is 4.79 Å². The lowest BCUT2D eigenvalue weighted by Crippen LogP contribution is -1.96. The molecule has 0 aromatic carbocycles. The van der Waals surface area contributed by atoms with Crippen LogP contribution in [0.3, 0.4) is 0 Å². The van der Waals surface area contributed by atoms with Crippen molar-refractivity contribution in [2.75, 3.05) is 0 Å². The zero-order chi connectivity index (χ0) is 11.5. The van der Waals surface area contributed by atoms with Crippen LogP contribution < -0.4 is 0 Å². The molecular weight excluding hydrogens is 196 g/mol. The predicted molar refractivity (Wildman–Crippen MR) is 69.6 cm³/mol. The maximum absolute atomic E-state index is 11.5. The predicted octanol–water partition coefficient (Wildman–Crippen LogP) is 4.81. The minimum atomic E-state index is 0.458. The van der Waals surface area contributed by atoms with Gasteiger partial charge in [0.2, 0.25) is 0 Å². The van der Waals surface area contributed by atoms with E-state index in [1.54, 1.807) is 0 Å². The molecule has 0 amide bonds. The molecule has 1 rings (SSSR count). The van der Waals surface area contributed by atoms with Crippen LogP contribution in [0.5, 0.6) is 0 Å². The molecule has 0 heterocycles. The van der Waals surface area contributed by atoms with Crippen LogP contribution in [0.1, 0.15) is 77.0 Å². The van der Waals surface area contributed by atoms with Gasteiger partial charge in [-0.25, -0.2) is 0 Å². The highest BCUT2D eigenvalue weighted by atomic mass is 16.1. The highest BCUT2D eigenvalue weighted by molar-refractivity contribution is 5.78. The van der Waals surface area contributed by atoms with Crippen molar-refractivity contribution in [3.8, 4) is 0 Å². The maximum Gasteiger partial charge on any atom is 0.133 e. The second-order valence-electron chi connectivity index (χ2n) is 4.92. The Balaban J connectivity index is 2.20. The van der Waals surface area contributed by atoms with E-state index in [2.05, 4.69) is 12.2 Å². The van der Waals surface area contributed by atoms with Crippen LogP contribution in [0.15, 0.2) is 12.2 Å². The maximum atomic E-state index is 11.5. The number of Topliss-reactive ketones (excluding diaryl/α,β-unsaturated/α-hetero) is 1. The summed E-state index contributed by atoms with van der Waals surface area (Å²) in [5, 5.41) is 0. The van der Waals surface area contributed by atoms with Crippen molar-refractivity contribution in [1.82, 2.24) is 0 Å². The zero-order valence-corrected chi connectivity index (χ0v) is 10.5. The molecule has 0 bridgehead atoms. The third-order valence-electron chi connectivity index (χ3n) is 3.33. The summed E-state index contributed by atoms with van der Waals surface area (Å²) < 4.78 is 0. The molecule has 1 aliphatic rings. The van der Waals surface area contributed by atoms with E-state index in [1.165, 1.54) is 51.4 Å². The lowest BCUT2D eigenvalue weighted by Gasteiger charge is -2.01. The first-order chi connectivity index (χ1) is 7.89. The van der Waals surface area contributed by atoms with Crippen LogP contribution in [0.25, 0.3) is 0 Å². The summed E-state index contributed by atoms with van der Waals surface area (Å²) >= 11 is 0. The molecule has 0 unspecified atom stereocenters. The van der Waals surface area contributed by atoms with Gasteiger partial charge in [0, 0.05) is 12.8 Å². The Morgan fingerprint density at radius 2 is 1.19 bits per heavy atom. The molecular formula is C15H26O. The van der Waals surface area contributed by atoms with Crippen LogP contribution in [-0.4, -0.2) is 5.78 Å². The van der Waals surface area contributed by atoms with Gasteiger partial charge in [0.1, 0.15) is 5.78 Å². The van der Waals surface area contributed by atoms with Gasteiger partial charge < -0.3 is 0 Å². The van der Waals surface area contributed by atoms with Crippen LogP contribution in [0, 0.1) is 0 Å². The number of hydrogen-bond acceptors (Lipinski definition) is 1. The minimum absolute atomic E-state index is 0.458. The molecule has 0 fully saturated rings. The average Bonchev–Trinajstić information content (AvgIpc) is 2.29. The number of carbonyl (C=O) groups is 1. The number of hydrogen-bond donors (Lipinski definition) is 0. The molecule has 0 N–H and O–H groups in total. The number of ketones is 1. The van der Waals surface area contributed by atoms with Crippen LogP contribution in [0.2, 0.25) is 0 Å². The smallest absolute Gasteiger partial charge is 0.133 e. The molecule has 1 aliphatic carbocycles. The normalized spacial score (nSPS) is 24.4. The fraction of sp³-hybridized carbons (Fsp3) is 0.800. The first-order valence-electron chi connectivity index (χ1n) is 7.06. The van der Waals surface area contributed by atoms with Gasteiger partial charge in [-0.2, -0.15) is 0 Å². The fourth-order valence-electron chi connectivity index (χ4n) is 2.25. The van der Waals surface area contributed by atoms with Gasteiger partial charge in [-0.1, -0.05) is 50.7 Å². The first-order valence-corrected chi connectivity index (χ1v) is 7.06. The molecule has 0 saturated carbocycles. The van der Waals surface area contributed by atoms with E-state index < -0.39 is 0 Å². The van der Waals surface area contributed by atoms with Crippen molar-refractivity contribution >= 4 is 5.78 Å². The van der Waals surface area contributed by atoms with E-state index in [1.807, 2.05) is 0 Å².